The fourth-order valence-corrected chi connectivity index (χ4v) is 1.52. The second-order valence-corrected chi connectivity index (χ2v) is 4.71. The molecular formula is C9H12N2O3S. The summed E-state index contributed by atoms with van der Waals surface area (Å²) in [5, 5.41) is 7.56. The topological polar surface area (TPSA) is 104 Å². The first-order chi connectivity index (χ1) is 6.88. The second-order valence-electron chi connectivity index (χ2n) is 3.14. The van der Waals surface area contributed by atoms with E-state index in [0.717, 1.165) is 0 Å². The Morgan fingerprint density at radius 1 is 1.33 bits per heavy atom. The number of nitrogens with two attached hydrogens (primary N) is 1. The van der Waals surface area contributed by atoms with Crippen LogP contribution in [0.15, 0.2) is 24.3 Å². The van der Waals surface area contributed by atoms with Crippen molar-refractivity contribution in [1.29, 1.82) is 5.41 Å². The predicted octanol–water partition coefficient (Wildman–Crippen LogP) is 0.915. The molecule has 0 aromatic heterocycles. The van der Waals surface area contributed by atoms with E-state index < -0.39 is 15.9 Å². The third-order valence-corrected chi connectivity index (χ3v) is 2.59. The lowest BCUT2D eigenvalue weighted by atomic mass is 10.1. The Bertz CT molecular complexity index is 451. The van der Waals surface area contributed by atoms with Crippen molar-refractivity contribution in [2.75, 3.05) is 11.5 Å². The average Bonchev–Trinajstić information content (AvgIpc) is 2.14. The highest BCUT2D eigenvalue weighted by atomic mass is 32.2. The molecule has 1 rings (SSSR count). The zero-order valence-corrected chi connectivity index (χ0v) is 8.79. The number of anilines is 1. The van der Waals surface area contributed by atoms with Crippen LogP contribution in [0.2, 0.25) is 0 Å². The molecule has 0 heterocycles. The van der Waals surface area contributed by atoms with Crippen LogP contribution >= 0.6 is 0 Å². The maximum atomic E-state index is 10.5. The van der Waals surface area contributed by atoms with E-state index in [4.69, 9.17) is 15.7 Å². The van der Waals surface area contributed by atoms with E-state index in [0.29, 0.717) is 11.3 Å². The Balaban J connectivity index is 2.66. The number of nitrogen functional groups attached to an aromatic ring is 1. The molecule has 1 aromatic rings. The number of hydrogen-bond donors (Lipinski definition) is 3. The number of benzene rings is 1. The van der Waals surface area contributed by atoms with Crippen LogP contribution in [0.25, 0.3) is 0 Å². The molecule has 0 aliphatic rings. The summed E-state index contributed by atoms with van der Waals surface area (Å²) < 4.78 is 29.4. The van der Waals surface area contributed by atoms with Crippen molar-refractivity contribution in [2.45, 2.75) is 6.42 Å². The van der Waals surface area contributed by atoms with Gasteiger partial charge in [0.1, 0.15) is 0 Å². The fraction of sp³-hybridized carbons (Fsp3) is 0.222. The normalized spacial score (nSPS) is 11.3. The van der Waals surface area contributed by atoms with E-state index in [1.54, 1.807) is 24.3 Å². The van der Waals surface area contributed by atoms with Crippen molar-refractivity contribution in [3.63, 3.8) is 0 Å². The molecule has 0 amide bonds. The molecule has 0 fully saturated rings. The van der Waals surface area contributed by atoms with Gasteiger partial charge >= 0.3 is 0 Å². The summed E-state index contributed by atoms with van der Waals surface area (Å²) in [6.07, 6.45) is -0.0112. The first kappa shape index (κ1) is 11.7. The molecule has 0 atom stereocenters. The summed E-state index contributed by atoms with van der Waals surface area (Å²) in [4.78, 5) is 0. The largest absolute Gasteiger partial charge is 0.399 e. The number of rotatable bonds is 4. The van der Waals surface area contributed by atoms with Crippen molar-refractivity contribution in [3.8, 4) is 0 Å². The van der Waals surface area contributed by atoms with Gasteiger partial charge in [0, 0.05) is 17.8 Å². The van der Waals surface area contributed by atoms with Gasteiger partial charge in [-0.1, -0.05) is 12.1 Å². The van der Waals surface area contributed by atoms with Crippen molar-refractivity contribution < 1.29 is 13.0 Å². The molecule has 5 nitrogen and oxygen atoms in total. The molecule has 15 heavy (non-hydrogen) atoms. The molecule has 0 saturated heterocycles. The third-order valence-electron chi connectivity index (χ3n) is 1.87. The van der Waals surface area contributed by atoms with E-state index in [1.165, 1.54) is 0 Å². The van der Waals surface area contributed by atoms with Crippen molar-refractivity contribution in [1.82, 2.24) is 0 Å². The van der Waals surface area contributed by atoms with Crippen molar-refractivity contribution >= 4 is 21.5 Å². The molecule has 6 heteroatoms. The van der Waals surface area contributed by atoms with E-state index >= 15 is 0 Å². The summed E-state index contributed by atoms with van der Waals surface area (Å²) in [5.74, 6) is -0.434. The van der Waals surface area contributed by atoms with Crippen LogP contribution in [0.3, 0.4) is 0 Å². The molecule has 0 saturated carbocycles. The molecular weight excluding hydrogens is 216 g/mol. The quantitative estimate of drug-likeness (QED) is 0.405. The molecule has 0 aliphatic heterocycles. The van der Waals surface area contributed by atoms with Gasteiger partial charge in [0.25, 0.3) is 10.1 Å². The average molecular weight is 228 g/mol. The van der Waals surface area contributed by atoms with Crippen LogP contribution in [0.5, 0.6) is 0 Å². The van der Waals surface area contributed by atoms with Gasteiger partial charge in [-0.05, 0) is 17.7 Å². The Morgan fingerprint density at radius 3 is 2.33 bits per heavy atom. The molecule has 1 aromatic carbocycles. The van der Waals surface area contributed by atoms with E-state index in [-0.39, 0.29) is 12.1 Å². The first-order valence-corrected chi connectivity index (χ1v) is 5.88. The second kappa shape index (κ2) is 4.41. The minimum Gasteiger partial charge on any atom is -0.399 e. The Kier molecular flexibility index (Phi) is 3.43. The van der Waals surface area contributed by atoms with Gasteiger partial charge in [-0.2, -0.15) is 8.42 Å². The maximum Gasteiger partial charge on any atom is 0.265 e. The zero-order chi connectivity index (χ0) is 11.5. The van der Waals surface area contributed by atoms with Gasteiger partial charge in [-0.15, -0.1) is 0 Å². The molecule has 82 valence electrons. The highest BCUT2D eigenvalue weighted by molar-refractivity contribution is 7.85. The standard InChI is InChI=1S/C9H12N2O3S/c10-8-3-1-7(2-4-8)9(11)5-6-15(12,13)14/h1-4,11H,5-6,10H2,(H,12,13,14). The van der Waals surface area contributed by atoms with Gasteiger partial charge in [-0.25, -0.2) is 0 Å². The molecule has 0 spiro atoms. The van der Waals surface area contributed by atoms with Gasteiger partial charge < -0.3 is 11.1 Å². The fourth-order valence-electron chi connectivity index (χ4n) is 1.06. The van der Waals surface area contributed by atoms with E-state index in [9.17, 15) is 8.42 Å². The van der Waals surface area contributed by atoms with Crippen LogP contribution in [-0.4, -0.2) is 24.4 Å². The van der Waals surface area contributed by atoms with E-state index in [1.807, 2.05) is 0 Å². The van der Waals surface area contributed by atoms with Crippen LogP contribution in [0, 0.1) is 5.41 Å². The van der Waals surface area contributed by atoms with Gasteiger partial charge in [-0.3, -0.25) is 4.55 Å². The van der Waals surface area contributed by atoms with E-state index in [2.05, 4.69) is 0 Å². The molecule has 0 aliphatic carbocycles. The van der Waals surface area contributed by atoms with Crippen molar-refractivity contribution in [3.05, 3.63) is 29.8 Å². The summed E-state index contributed by atoms with van der Waals surface area (Å²) in [6.45, 7) is 0. The van der Waals surface area contributed by atoms with Crippen LogP contribution in [0.4, 0.5) is 5.69 Å². The smallest absolute Gasteiger partial charge is 0.265 e. The van der Waals surface area contributed by atoms with Crippen LogP contribution in [-0.2, 0) is 10.1 Å². The summed E-state index contributed by atoms with van der Waals surface area (Å²) >= 11 is 0. The predicted molar refractivity (Wildman–Crippen MR) is 58.7 cm³/mol. The van der Waals surface area contributed by atoms with Crippen LogP contribution < -0.4 is 5.73 Å². The lowest BCUT2D eigenvalue weighted by Crippen LogP contribution is -2.10. The summed E-state index contributed by atoms with van der Waals surface area (Å²) in [5.41, 5.74) is 6.81. The molecule has 0 unspecified atom stereocenters. The SMILES string of the molecule is N=C(CCS(=O)(=O)O)c1ccc(N)cc1. The summed E-state index contributed by atoms with van der Waals surface area (Å²) in [7, 11) is -4.00. The first-order valence-electron chi connectivity index (χ1n) is 4.27. The Hall–Kier alpha value is -1.40. The Labute approximate surface area is 88.2 Å². The summed E-state index contributed by atoms with van der Waals surface area (Å²) in [6, 6.07) is 6.55. The zero-order valence-electron chi connectivity index (χ0n) is 7.97. The number of hydrogen-bond acceptors (Lipinski definition) is 4. The highest BCUT2D eigenvalue weighted by Crippen LogP contribution is 2.08. The highest BCUT2D eigenvalue weighted by Gasteiger charge is 2.08. The third kappa shape index (κ3) is 4.09. The van der Waals surface area contributed by atoms with Gasteiger partial charge in [0.05, 0.1) is 5.75 Å². The monoisotopic (exact) mass is 228 g/mol. The maximum absolute atomic E-state index is 10.5. The minimum absolute atomic E-state index is 0.0112. The van der Waals surface area contributed by atoms with Gasteiger partial charge in [0.2, 0.25) is 0 Å². The van der Waals surface area contributed by atoms with Gasteiger partial charge in [0.15, 0.2) is 0 Å². The lowest BCUT2D eigenvalue weighted by molar-refractivity contribution is 0.483. The molecule has 0 radical (unpaired) electrons. The van der Waals surface area contributed by atoms with Crippen molar-refractivity contribution in [2.24, 2.45) is 0 Å². The Morgan fingerprint density at radius 2 is 1.87 bits per heavy atom. The molecule has 0 bridgehead atoms. The van der Waals surface area contributed by atoms with Crippen LogP contribution in [0.1, 0.15) is 12.0 Å². The lowest BCUT2D eigenvalue weighted by Gasteiger charge is -2.03. The molecule has 4 N–H and O–H groups in total. The minimum atomic E-state index is -4.00. The number of nitrogens with one attached hydrogen (secondary N) is 1.